The summed E-state index contributed by atoms with van der Waals surface area (Å²) in [6, 6.07) is 3.82. The van der Waals surface area contributed by atoms with Crippen molar-refractivity contribution in [2.45, 2.75) is 33.1 Å². The van der Waals surface area contributed by atoms with Crippen LogP contribution in [0.5, 0.6) is 0 Å². The number of halogens is 1. The van der Waals surface area contributed by atoms with Gasteiger partial charge in [-0.05, 0) is 25.3 Å². The van der Waals surface area contributed by atoms with Gasteiger partial charge in [0.25, 0.3) is 0 Å². The van der Waals surface area contributed by atoms with Crippen molar-refractivity contribution in [3.63, 3.8) is 0 Å². The number of hydrogen-bond acceptors (Lipinski definition) is 3. The molecular formula is C13H16FNO4. The topological polar surface area (TPSA) is 80.4 Å². The first-order chi connectivity index (χ1) is 8.81. The Bertz CT molecular complexity index is 503. The van der Waals surface area contributed by atoms with Crippen LogP contribution in [-0.2, 0) is 11.2 Å². The molecule has 1 rings (SSSR count). The van der Waals surface area contributed by atoms with E-state index < -0.39 is 27.8 Å². The van der Waals surface area contributed by atoms with Gasteiger partial charge in [-0.3, -0.25) is 14.9 Å². The van der Waals surface area contributed by atoms with Crippen LogP contribution in [0.3, 0.4) is 0 Å². The van der Waals surface area contributed by atoms with Crippen molar-refractivity contribution in [2.75, 3.05) is 0 Å². The normalized spacial score (nSPS) is 13.8. The Kier molecular flexibility index (Phi) is 4.58. The third kappa shape index (κ3) is 3.27. The molecule has 5 nitrogen and oxygen atoms in total. The van der Waals surface area contributed by atoms with E-state index in [4.69, 9.17) is 0 Å². The minimum Gasteiger partial charge on any atom is -0.481 e. The van der Waals surface area contributed by atoms with Crippen LogP contribution in [-0.4, -0.2) is 16.0 Å². The third-order valence-corrected chi connectivity index (χ3v) is 3.15. The number of carboxylic acid groups (broad SMARTS) is 1. The minimum absolute atomic E-state index is 0.0625. The van der Waals surface area contributed by atoms with Crippen LogP contribution in [0.25, 0.3) is 0 Å². The predicted octanol–water partition coefficient (Wildman–Crippen LogP) is 3.17. The molecule has 104 valence electrons. The first-order valence-electron chi connectivity index (χ1n) is 5.97. The summed E-state index contributed by atoms with van der Waals surface area (Å²) >= 11 is 0. The smallest absolute Gasteiger partial charge is 0.309 e. The van der Waals surface area contributed by atoms with E-state index in [0.717, 1.165) is 6.07 Å². The highest BCUT2D eigenvalue weighted by Gasteiger charge is 2.34. The Morgan fingerprint density at radius 3 is 2.63 bits per heavy atom. The number of benzene rings is 1. The molecular weight excluding hydrogens is 253 g/mol. The van der Waals surface area contributed by atoms with Crippen molar-refractivity contribution in [1.82, 2.24) is 0 Å². The molecule has 0 aliphatic rings. The van der Waals surface area contributed by atoms with E-state index in [1.807, 2.05) is 6.92 Å². The van der Waals surface area contributed by atoms with Gasteiger partial charge in [-0.25, -0.2) is 0 Å². The first kappa shape index (κ1) is 15.1. The van der Waals surface area contributed by atoms with E-state index in [1.54, 1.807) is 0 Å². The highest BCUT2D eigenvalue weighted by atomic mass is 19.1. The molecule has 1 atom stereocenters. The van der Waals surface area contributed by atoms with E-state index in [9.17, 15) is 24.4 Å². The fourth-order valence-corrected chi connectivity index (χ4v) is 2.09. The first-order valence-corrected chi connectivity index (χ1v) is 5.97. The van der Waals surface area contributed by atoms with E-state index in [2.05, 4.69) is 0 Å². The zero-order valence-electron chi connectivity index (χ0n) is 10.9. The molecule has 19 heavy (non-hydrogen) atoms. The molecule has 6 heteroatoms. The van der Waals surface area contributed by atoms with Gasteiger partial charge in [0.05, 0.1) is 10.3 Å². The quantitative estimate of drug-likeness (QED) is 0.635. The molecule has 0 saturated carbocycles. The van der Waals surface area contributed by atoms with Gasteiger partial charge < -0.3 is 5.11 Å². The summed E-state index contributed by atoms with van der Waals surface area (Å²) in [5, 5.41) is 19.9. The summed E-state index contributed by atoms with van der Waals surface area (Å²) < 4.78 is 13.9. The van der Waals surface area contributed by atoms with Crippen molar-refractivity contribution < 1.29 is 19.2 Å². The van der Waals surface area contributed by atoms with Gasteiger partial charge in [0.2, 0.25) is 5.82 Å². The van der Waals surface area contributed by atoms with E-state index in [1.165, 1.54) is 19.1 Å². The molecule has 0 saturated heterocycles. The molecule has 0 aromatic heterocycles. The monoisotopic (exact) mass is 269 g/mol. The lowest BCUT2D eigenvalue weighted by Gasteiger charge is -2.24. The summed E-state index contributed by atoms with van der Waals surface area (Å²) in [7, 11) is 0. The zero-order valence-corrected chi connectivity index (χ0v) is 10.9. The molecule has 0 heterocycles. The average Bonchev–Trinajstić information content (AvgIpc) is 2.31. The third-order valence-electron chi connectivity index (χ3n) is 3.15. The number of carbonyl (C=O) groups is 1. The van der Waals surface area contributed by atoms with E-state index in [0.29, 0.717) is 12.8 Å². The van der Waals surface area contributed by atoms with E-state index in [-0.39, 0.29) is 12.0 Å². The number of rotatable bonds is 6. The predicted molar refractivity (Wildman–Crippen MR) is 67.4 cm³/mol. The summed E-state index contributed by atoms with van der Waals surface area (Å²) in [6.45, 7) is 3.36. The fourth-order valence-electron chi connectivity index (χ4n) is 2.09. The Morgan fingerprint density at radius 2 is 2.16 bits per heavy atom. The average molecular weight is 269 g/mol. The molecule has 0 aliphatic carbocycles. The van der Waals surface area contributed by atoms with Gasteiger partial charge in [-0.1, -0.05) is 25.5 Å². The van der Waals surface area contributed by atoms with Gasteiger partial charge in [-0.2, -0.15) is 4.39 Å². The summed E-state index contributed by atoms with van der Waals surface area (Å²) in [5.41, 5.74) is -1.68. The van der Waals surface area contributed by atoms with Gasteiger partial charge in [-0.15, -0.1) is 0 Å². The highest BCUT2D eigenvalue weighted by molar-refractivity contribution is 5.74. The van der Waals surface area contributed by atoms with Gasteiger partial charge >= 0.3 is 11.7 Å². The molecule has 1 unspecified atom stereocenters. The van der Waals surface area contributed by atoms with Crippen molar-refractivity contribution in [3.8, 4) is 0 Å². The Morgan fingerprint density at radius 1 is 1.53 bits per heavy atom. The van der Waals surface area contributed by atoms with Gasteiger partial charge in [0.15, 0.2) is 0 Å². The number of carboxylic acids is 1. The fraction of sp³-hybridized carbons (Fsp3) is 0.462. The molecule has 1 aromatic carbocycles. The van der Waals surface area contributed by atoms with Crippen LogP contribution >= 0.6 is 0 Å². The Hall–Kier alpha value is -1.98. The number of hydrogen-bond donors (Lipinski definition) is 1. The number of nitrogens with zero attached hydrogens (tertiary/aromatic N) is 1. The minimum atomic E-state index is -1.12. The lowest BCUT2D eigenvalue weighted by molar-refractivity contribution is -0.387. The maximum absolute atomic E-state index is 13.9. The standard InChI is InChI=1S/C13H16FNO4/c1-3-7-13(2,12(16)17)8-9-5-4-6-10(11(9)14)15(18)19/h4-6H,3,7-8H2,1-2H3,(H,16,17). The van der Waals surface area contributed by atoms with Crippen LogP contribution in [0.2, 0.25) is 0 Å². The Balaban J connectivity index is 3.14. The van der Waals surface area contributed by atoms with Crippen LogP contribution in [0, 0.1) is 21.3 Å². The summed E-state index contributed by atoms with van der Waals surface area (Å²) in [5.74, 6) is -1.98. The van der Waals surface area contributed by atoms with Crippen molar-refractivity contribution in [1.29, 1.82) is 0 Å². The van der Waals surface area contributed by atoms with Crippen LogP contribution < -0.4 is 0 Å². The number of nitro benzene ring substituents is 1. The Labute approximate surface area is 110 Å². The van der Waals surface area contributed by atoms with Crippen molar-refractivity contribution in [2.24, 2.45) is 5.41 Å². The molecule has 0 fully saturated rings. The van der Waals surface area contributed by atoms with Crippen LogP contribution in [0.15, 0.2) is 18.2 Å². The molecule has 0 aliphatic heterocycles. The lowest BCUT2D eigenvalue weighted by Crippen LogP contribution is -2.30. The van der Waals surface area contributed by atoms with Crippen molar-refractivity contribution >= 4 is 11.7 Å². The van der Waals surface area contributed by atoms with Gasteiger partial charge in [0.1, 0.15) is 0 Å². The maximum atomic E-state index is 13.9. The molecule has 0 radical (unpaired) electrons. The van der Waals surface area contributed by atoms with Gasteiger partial charge in [0, 0.05) is 6.07 Å². The van der Waals surface area contributed by atoms with Crippen LogP contribution in [0.4, 0.5) is 10.1 Å². The molecule has 0 spiro atoms. The molecule has 1 N–H and O–H groups in total. The van der Waals surface area contributed by atoms with Crippen LogP contribution in [0.1, 0.15) is 32.3 Å². The number of nitro groups is 1. The second-order valence-electron chi connectivity index (χ2n) is 4.80. The SMILES string of the molecule is CCCC(C)(Cc1cccc([N+](=O)[O-])c1F)C(=O)O. The second-order valence-corrected chi connectivity index (χ2v) is 4.80. The largest absolute Gasteiger partial charge is 0.481 e. The zero-order chi connectivity index (χ0) is 14.6. The molecule has 0 bridgehead atoms. The van der Waals surface area contributed by atoms with Crippen molar-refractivity contribution in [3.05, 3.63) is 39.7 Å². The second kappa shape index (κ2) is 5.77. The lowest BCUT2D eigenvalue weighted by atomic mass is 9.79. The summed E-state index contributed by atoms with van der Waals surface area (Å²) in [6.07, 6.45) is 0.952. The summed E-state index contributed by atoms with van der Waals surface area (Å²) in [4.78, 5) is 21.1. The molecule has 0 amide bonds. The molecule has 1 aromatic rings. The maximum Gasteiger partial charge on any atom is 0.309 e. The number of aliphatic carboxylic acids is 1. The highest BCUT2D eigenvalue weighted by Crippen LogP contribution is 2.31. The van der Waals surface area contributed by atoms with E-state index >= 15 is 0 Å².